The summed E-state index contributed by atoms with van der Waals surface area (Å²) in [7, 11) is 0. The van der Waals surface area contributed by atoms with Gasteiger partial charge in [0.25, 0.3) is 0 Å². The first-order valence-corrected chi connectivity index (χ1v) is 7.98. The Morgan fingerprint density at radius 1 is 1.38 bits per heavy atom. The van der Waals surface area contributed by atoms with Crippen LogP contribution in [0.1, 0.15) is 57.2 Å². The average Bonchev–Trinajstić information content (AvgIpc) is 3.03. The number of likely N-dealkylation sites (tertiary alicyclic amines) is 1. The van der Waals surface area contributed by atoms with E-state index >= 15 is 0 Å². The van der Waals surface area contributed by atoms with Gasteiger partial charge >= 0.3 is 0 Å². The van der Waals surface area contributed by atoms with Crippen LogP contribution in [0.15, 0.2) is 4.52 Å². The van der Waals surface area contributed by atoms with Gasteiger partial charge in [0.2, 0.25) is 11.8 Å². The maximum atomic E-state index is 12.3. The van der Waals surface area contributed by atoms with Gasteiger partial charge in [-0.15, -0.1) is 0 Å². The maximum absolute atomic E-state index is 12.3. The smallest absolute Gasteiger partial charge is 0.227 e. The van der Waals surface area contributed by atoms with Crippen molar-refractivity contribution in [1.82, 2.24) is 20.4 Å². The van der Waals surface area contributed by atoms with Gasteiger partial charge in [0.1, 0.15) is 0 Å². The summed E-state index contributed by atoms with van der Waals surface area (Å²) in [5, 5.41) is 7.52. The number of amides is 1. The molecule has 0 saturated carbocycles. The van der Waals surface area contributed by atoms with Crippen molar-refractivity contribution in [2.75, 3.05) is 13.1 Å². The molecule has 6 heteroatoms. The number of nitrogens with one attached hydrogen (secondary N) is 1. The molecule has 1 aromatic heterocycles. The highest BCUT2D eigenvalue weighted by molar-refractivity contribution is 5.76. The maximum Gasteiger partial charge on any atom is 0.227 e. The van der Waals surface area contributed by atoms with Crippen molar-refractivity contribution in [2.45, 2.75) is 64.0 Å². The van der Waals surface area contributed by atoms with Gasteiger partial charge in [-0.2, -0.15) is 4.98 Å². The van der Waals surface area contributed by atoms with Crippen molar-refractivity contribution in [2.24, 2.45) is 0 Å². The number of nitrogens with zero attached hydrogens (tertiary/aromatic N) is 3. The van der Waals surface area contributed by atoms with Crippen LogP contribution in [-0.2, 0) is 11.2 Å². The Bertz CT molecular complexity index is 500. The second-order valence-corrected chi connectivity index (χ2v) is 6.47. The van der Waals surface area contributed by atoms with E-state index in [1.807, 2.05) is 18.7 Å². The predicted molar refractivity (Wildman–Crippen MR) is 77.9 cm³/mol. The molecule has 2 aliphatic heterocycles. The highest BCUT2D eigenvalue weighted by Crippen LogP contribution is 2.21. The Labute approximate surface area is 125 Å². The minimum absolute atomic E-state index is 0.202. The van der Waals surface area contributed by atoms with Gasteiger partial charge in [-0.3, -0.25) is 4.79 Å². The van der Waals surface area contributed by atoms with E-state index in [1.54, 1.807) is 0 Å². The van der Waals surface area contributed by atoms with E-state index in [9.17, 15) is 4.79 Å². The van der Waals surface area contributed by atoms with Crippen LogP contribution in [0.2, 0.25) is 0 Å². The molecule has 1 aromatic rings. The van der Waals surface area contributed by atoms with Crippen LogP contribution >= 0.6 is 0 Å². The molecule has 0 aliphatic carbocycles. The van der Waals surface area contributed by atoms with E-state index in [-0.39, 0.29) is 11.8 Å². The number of carbonyl (C=O) groups is 1. The van der Waals surface area contributed by atoms with Crippen LogP contribution in [0.3, 0.4) is 0 Å². The number of hydrogen-bond acceptors (Lipinski definition) is 5. The highest BCUT2D eigenvalue weighted by atomic mass is 16.5. The third-order valence-electron chi connectivity index (χ3n) is 4.43. The van der Waals surface area contributed by atoms with Gasteiger partial charge < -0.3 is 14.7 Å². The zero-order valence-electron chi connectivity index (χ0n) is 12.8. The molecule has 6 nitrogen and oxygen atoms in total. The van der Waals surface area contributed by atoms with E-state index in [2.05, 4.69) is 15.5 Å². The fourth-order valence-electron chi connectivity index (χ4n) is 3.15. The van der Waals surface area contributed by atoms with Gasteiger partial charge in [0, 0.05) is 43.9 Å². The van der Waals surface area contributed by atoms with Gasteiger partial charge in [0.15, 0.2) is 5.82 Å². The van der Waals surface area contributed by atoms with Crippen molar-refractivity contribution in [3.05, 3.63) is 11.7 Å². The number of fused-ring (bicyclic) bond motifs is 2. The van der Waals surface area contributed by atoms with Gasteiger partial charge in [0.05, 0.1) is 0 Å². The number of hydrogen-bond donors (Lipinski definition) is 1. The fraction of sp³-hybridized carbons (Fsp3) is 0.800. The fourth-order valence-corrected chi connectivity index (χ4v) is 3.15. The van der Waals surface area contributed by atoms with Crippen LogP contribution in [0, 0.1) is 0 Å². The number of aryl methyl sites for hydroxylation is 1. The molecule has 3 rings (SSSR count). The third-order valence-corrected chi connectivity index (χ3v) is 4.43. The molecule has 2 saturated heterocycles. The van der Waals surface area contributed by atoms with Crippen LogP contribution in [-0.4, -0.2) is 46.1 Å². The average molecular weight is 292 g/mol. The summed E-state index contributed by atoms with van der Waals surface area (Å²) in [6, 6.07) is 1.09. The normalized spacial score (nSPS) is 25.4. The predicted octanol–water partition coefficient (Wildman–Crippen LogP) is 1.48. The summed E-state index contributed by atoms with van der Waals surface area (Å²) in [5.74, 6) is 1.74. The van der Waals surface area contributed by atoms with E-state index < -0.39 is 0 Å². The van der Waals surface area contributed by atoms with E-state index in [0.29, 0.717) is 36.6 Å². The number of aromatic nitrogens is 2. The molecule has 0 radical (unpaired) electrons. The Hall–Kier alpha value is -1.43. The first kappa shape index (κ1) is 14.5. The zero-order chi connectivity index (χ0) is 14.8. The first-order chi connectivity index (χ1) is 10.1. The highest BCUT2D eigenvalue weighted by Gasteiger charge is 2.30. The Balaban J connectivity index is 1.51. The molecule has 2 fully saturated rings. The lowest BCUT2D eigenvalue weighted by Gasteiger charge is -2.24. The Kier molecular flexibility index (Phi) is 4.24. The molecule has 2 bridgehead atoms. The van der Waals surface area contributed by atoms with E-state index in [0.717, 1.165) is 19.5 Å². The number of rotatable bonds is 4. The molecule has 0 aromatic carbocycles. The first-order valence-electron chi connectivity index (χ1n) is 7.98. The van der Waals surface area contributed by atoms with Crippen molar-refractivity contribution in [1.29, 1.82) is 0 Å². The van der Waals surface area contributed by atoms with Gasteiger partial charge in [-0.1, -0.05) is 19.0 Å². The van der Waals surface area contributed by atoms with E-state index in [4.69, 9.17) is 4.52 Å². The van der Waals surface area contributed by atoms with Gasteiger partial charge in [-0.25, -0.2) is 0 Å². The standard InChI is InChI=1S/C15H24N4O2/c1-10(2)15-17-13(21-18-15)5-6-14(20)19-8-7-11-3-4-12(9-19)16-11/h10-12,16H,3-9H2,1-2H3. The summed E-state index contributed by atoms with van der Waals surface area (Å²) >= 11 is 0. The van der Waals surface area contributed by atoms with Crippen molar-refractivity contribution in [3.63, 3.8) is 0 Å². The zero-order valence-corrected chi connectivity index (χ0v) is 12.8. The lowest BCUT2D eigenvalue weighted by Crippen LogP contribution is -2.39. The molecule has 2 unspecified atom stereocenters. The molecule has 1 amide bonds. The third kappa shape index (κ3) is 3.43. The lowest BCUT2D eigenvalue weighted by molar-refractivity contribution is -0.131. The Morgan fingerprint density at radius 2 is 2.19 bits per heavy atom. The minimum Gasteiger partial charge on any atom is -0.341 e. The molecule has 3 heterocycles. The second kappa shape index (κ2) is 6.13. The monoisotopic (exact) mass is 292 g/mol. The van der Waals surface area contributed by atoms with Crippen molar-refractivity contribution >= 4 is 5.91 Å². The minimum atomic E-state index is 0.202. The second-order valence-electron chi connectivity index (χ2n) is 6.47. The largest absolute Gasteiger partial charge is 0.341 e. The van der Waals surface area contributed by atoms with Crippen LogP contribution in [0.4, 0.5) is 0 Å². The van der Waals surface area contributed by atoms with Gasteiger partial charge in [-0.05, 0) is 19.3 Å². The molecular weight excluding hydrogens is 268 g/mol. The van der Waals surface area contributed by atoms with Crippen LogP contribution in [0.25, 0.3) is 0 Å². The van der Waals surface area contributed by atoms with Crippen LogP contribution in [0.5, 0.6) is 0 Å². The molecule has 21 heavy (non-hydrogen) atoms. The van der Waals surface area contributed by atoms with Crippen LogP contribution < -0.4 is 5.32 Å². The summed E-state index contributed by atoms with van der Waals surface area (Å²) in [6.45, 7) is 5.77. The molecule has 2 atom stereocenters. The Morgan fingerprint density at radius 3 is 2.95 bits per heavy atom. The lowest BCUT2D eigenvalue weighted by atomic mass is 10.1. The van der Waals surface area contributed by atoms with E-state index in [1.165, 1.54) is 12.8 Å². The topological polar surface area (TPSA) is 71.3 Å². The van der Waals surface area contributed by atoms with Crippen molar-refractivity contribution < 1.29 is 9.32 Å². The molecular formula is C15H24N4O2. The summed E-state index contributed by atoms with van der Waals surface area (Å²) < 4.78 is 5.19. The summed E-state index contributed by atoms with van der Waals surface area (Å²) in [4.78, 5) is 18.7. The molecule has 1 N–H and O–H groups in total. The molecule has 2 aliphatic rings. The summed E-state index contributed by atoms with van der Waals surface area (Å²) in [6.07, 6.45) is 4.51. The molecule has 0 spiro atoms. The number of carbonyl (C=O) groups excluding carboxylic acids is 1. The van der Waals surface area contributed by atoms with Crippen molar-refractivity contribution in [3.8, 4) is 0 Å². The summed E-state index contributed by atoms with van der Waals surface area (Å²) in [5.41, 5.74) is 0. The SMILES string of the molecule is CC(C)c1noc(CCC(=O)N2CCC3CCC(C2)N3)n1. The quantitative estimate of drug-likeness (QED) is 0.910. The molecule has 116 valence electrons.